The Hall–Kier alpha value is -0.870. The first-order valence-electron chi connectivity index (χ1n) is 3.63. The van der Waals surface area contributed by atoms with Crippen LogP contribution in [-0.2, 0) is 6.42 Å². The highest BCUT2D eigenvalue weighted by atomic mass is 35.5. The number of halogens is 3. The van der Waals surface area contributed by atoms with Crippen molar-refractivity contribution >= 4 is 11.6 Å². The summed E-state index contributed by atoms with van der Waals surface area (Å²) in [5, 5.41) is 8.70. The Morgan fingerprint density at radius 2 is 2.00 bits per heavy atom. The van der Waals surface area contributed by atoms with Crippen LogP contribution < -0.4 is 5.73 Å². The molecule has 0 heterocycles. The summed E-state index contributed by atoms with van der Waals surface area (Å²) in [6.45, 7) is 0.192. The summed E-state index contributed by atoms with van der Waals surface area (Å²) in [6.07, 6.45) is 0.183. The van der Waals surface area contributed by atoms with Gasteiger partial charge in [-0.15, -0.1) is 0 Å². The molecule has 72 valence electrons. The number of rotatable bonds is 2. The van der Waals surface area contributed by atoms with E-state index >= 15 is 0 Å². The van der Waals surface area contributed by atoms with Crippen LogP contribution in [0.1, 0.15) is 5.56 Å². The number of phenols is 1. The number of aromatic hydroxyl groups is 1. The first kappa shape index (κ1) is 10.2. The maximum absolute atomic E-state index is 13.0. The molecule has 0 saturated heterocycles. The van der Waals surface area contributed by atoms with E-state index in [1.54, 1.807) is 0 Å². The smallest absolute Gasteiger partial charge is 0.202 e. The zero-order valence-electron chi connectivity index (χ0n) is 6.65. The Kier molecular flexibility index (Phi) is 3.06. The van der Waals surface area contributed by atoms with Crippen LogP contribution in [0.25, 0.3) is 0 Å². The van der Waals surface area contributed by atoms with E-state index in [2.05, 4.69) is 0 Å². The van der Waals surface area contributed by atoms with Crippen molar-refractivity contribution in [2.75, 3.05) is 6.54 Å². The quantitative estimate of drug-likeness (QED) is 0.727. The Bertz CT molecular complexity index is 330. The molecule has 3 N–H and O–H groups in total. The van der Waals surface area contributed by atoms with Gasteiger partial charge in [-0.3, -0.25) is 0 Å². The number of hydrogen-bond donors (Lipinski definition) is 2. The second-order valence-corrected chi connectivity index (χ2v) is 2.94. The van der Waals surface area contributed by atoms with Gasteiger partial charge in [-0.05, 0) is 24.6 Å². The molecular weight excluding hydrogens is 200 g/mol. The van der Waals surface area contributed by atoms with Crippen LogP contribution in [0.3, 0.4) is 0 Å². The summed E-state index contributed by atoms with van der Waals surface area (Å²) in [5.74, 6) is -3.27. The fourth-order valence-electron chi connectivity index (χ4n) is 0.972. The first-order valence-corrected chi connectivity index (χ1v) is 4.01. The summed E-state index contributed by atoms with van der Waals surface area (Å²) in [6, 6.07) is 1.17. The molecule has 13 heavy (non-hydrogen) atoms. The largest absolute Gasteiger partial charge is 0.504 e. The van der Waals surface area contributed by atoms with Crippen molar-refractivity contribution in [2.24, 2.45) is 5.73 Å². The molecule has 0 unspecified atom stereocenters. The normalized spacial score (nSPS) is 10.5. The van der Waals surface area contributed by atoms with E-state index in [0.29, 0.717) is 0 Å². The van der Waals surface area contributed by atoms with Crippen LogP contribution in [0.4, 0.5) is 8.78 Å². The minimum Gasteiger partial charge on any atom is -0.504 e. The molecule has 0 radical (unpaired) electrons. The molecule has 0 aliphatic carbocycles. The molecule has 2 nitrogen and oxygen atoms in total. The van der Waals surface area contributed by atoms with Crippen LogP contribution in [0.2, 0.25) is 5.02 Å². The van der Waals surface area contributed by atoms with Crippen molar-refractivity contribution in [2.45, 2.75) is 6.42 Å². The average Bonchev–Trinajstić information content (AvgIpc) is 2.11. The highest BCUT2D eigenvalue weighted by molar-refractivity contribution is 6.32. The fraction of sp³-hybridized carbons (Fsp3) is 0.250. The Morgan fingerprint density at radius 3 is 2.54 bits per heavy atom. The number of hydrogen-bond acceptors (Lipinski definition) is 2. The summed E-state index contributed by atoms with van der Waals surface area (Å²) >= 11 is 5.43. The van der Waals surface area contributed by atoms with E-state index in [1.165, 1.54) is 6.07 Å². The lowest BCUT2D eigenvalue weighted by molar-refractivity contribution is 0.404. The van der Waals surface area contributed by atoms with E-state index in [9.17, 15) is 8.78 Å². The lowest BCUT2D eigenvalue weighted by atomic mass is 10.1. The van der Waals surface area contributed by atoms with Crippen molar-refractivity contribution in [3.8, 4) is 5.75 Å². The van der Waals surface area contributed by atoms with Gasteiger partial charge in [0.1, 0.15) is 0 Å². The minimum atomic E-state index is -1.32. The molecular formula is C8H8ClF2NO. The molecule has 1 rings (SSSR count). The van der Waals surface area contributed by atoms with Gasteiger partial charge < -0.3 is 10.8 Å². The lowest BCUT2D eigenvalue weighted by Gasteiger charge is -2.05. The standard InChI is InChI=1S/C8H8ClF2NO/c9-5-3-4(1-2-12)6(10)7(11)8(5)13/h3,13H,1-2,12H2. The minimum absolute atomic E-state index is 0.0720. The topological polar surface area (TPSA) is 46.2 Å². The summed E-state index contributed by atoms with van der Waals surface area (Å²) in [5.41, 5.74) is 5.24. The third kappa shape index (κ3) is 1.89. The predicted molar refractivity (Wildman–Crippen MR) is 45.8 cm³/mol. The second-order valence-electron chi connectivity index (χ2n) is 2.53. The molecule has 0 atom stereocenters. The number of benzene rings is 1. The second kappa shape index (κ2) is 3.89. The molecule has 0 aromatic heterocycles. The first-order chi connectivity index (χ1) is 6.07. The van der Waals surface area contributed by atoms with Crippen molar-refractivity contribution in [1.29, 1.82) is 0 Å². The predicted octanol–water partition coefficient (Wildman–Crippen LogP) is 1.82. The van der Waals surface area contributed by atoms with Crippen LogP contribution in [0.5, 0.6) is 5.75 Å². The molecule has 0 aliphatic heterocycles. The maximum atomic E-state index is 13.0. The van der Waals surface area contributed by atoms with Crippen molar-refractivity contribution in [3.05, 3.63) is 28.3 Å². The van der Waals surface area contributed by atoms with E-state index in [4.69, 9.17) is 22.4 Å². The lowest BCUT2D eigenvalue weighted by Crippen LogP contribution is -2.05. The molecule has 0 amide bonds. The molecule has 0 saturated carbocycles. The number of nitrogens with two attached hydrogens (primary N) is 1. The van der Waals surface area contributed by atoms with Gasteiger partial charge >= 0.3 is 0 Å². The molecule has 1 aromatic rings. The summed E-state index contributed by atoms with van der Waals surface area (Å²) < 4.78 is 25.8. The molecule has 5 heteroatoms. The maximum Gasteiger partial charge on any atom is 0.202 e. The van der Waals surface area contributed by atoms with Crippen LogP contribution in [0.15, 0.2) is 6.07 Å². The zero-order chi connectivity index (χ0) is 10.0. The van der Waals surface area contributed by atoms with E-state index < -0.39 is 17.4 Å². The third-order valence-electron chi connectivity index (χ3n) is 1.62. The molecule has 0 bridgehead atoms. The van der Waals surface area contributed by atoms with Crippen LogP contribution >= 0.6 is 11.6 Å². The highest BCUT2D eigenvalue weighted by Gasteiger charge is 2.15. The van der Waals surface area contributed by atoms with Gasteiger partial charge in [-0.1, -0.05) is 11.6 Å². The van der Waals surface area contributed by atoms with Gasteiger partial charge in [-0.25, -0.2) is 4.39 Å². The van der Waals surface area contributed by atoms with Crippen molar-refractivity contribution in [3.63, 3.8) is 0 Å². The Balaban J connectivity index is 3.24. The summed E-state index contributed by atoms with van der Waals surface area (Å²) in [7, 11) is 0. The van der Waals surface area contributed by atoms with Gasteiger partial charge in [0.2, 0.25) is 5.82 Å². The van der Waals surface area contributed by atoms with Crippen LogP contribution in [-0.4, -0.2) is 11.7 Å². The van der Waals surface area contributed by atoms with Crippen LogP contribution in [0, 0.1) is 11.6 Å². The van der Waals surface area contributed by atoms with Crippen molar-refractivity contribution in [1.82, 2.24) is 0 Å². The Morgan fingerprint density at radius 1 is 1.38 bits per heavy atom. The van der Waals surface area contributed by atoms with Gasteiger partial charge in [0, 0.05) is 0 Å². The third-order valence-corrected chi connectivity index (χ3v) is 1.91. The van der Waals surface area contributed by atoms with Gasteiger partial charge in [-0.2, -0.15) is 4.39 Å². The van der Waals surface area contributed by atoms with Gasteiger partial charge in [0.05, 0.1) is 5.02 Å². The fourth-order valence-corrected chi connectivity index (χ4v) is 1.19. The van der Waals surface area contributed by atoms with E-state index in [1.807, 2.05) is 0 Å². The van der Waals surface area contributed by atoms with E-state index in [-0.39, 0.29) is 23.6 Å². The van der Waals surface area contributed by atoms with Crippen molar-refractivity contribution < 1.29 is 13.9 Å². The number of phenolic OH excluding ortho intramolecular Hbond substituents is 1. The monoisotopic (exact) mass is 207 g/mol. The molecule has 0 aliphatic rings. The SMILES string of the molecule is NCCc1cc(Cl)c(O)c(F)c1F. The van der Waals surface area contributed by atoms with Gasteiger partial charge in [0.15, 0.2) is 11.6 Å². The average molecular weight is 208 g/mol. The van der Waals surface area contributed by atoms with E-state index in [0.717, 1.165) is 0 Å². The van der Waals surface area contributed by atoms with Gasteiger partial charge in [0.25, 0.3) is 0 Å². The Labute approximate surface area is 78.9 Å². The molecule has 0 spiro atoms. The summed E-state index contributed by atoms with van der Waals surface area (Å²) in [4.78, 5) is 0. The zero-order valence-corrected chi connectivity index (χ0v) is 7.41. The molecule has 0 fully saturated rings. The molecule has 1 aromatic carbocycles. The highest BCUT2D eigenvalue weighted by Crippen LogP contribution is 2.30.